The predicted molar refractivity (Wildman–Crippen MR) is 80.4 cm³/mol. The molecule has 0 unspecified atom stereocenters. The molecule has 0 amide bonds. The maximum Gasteiger partial charge on any atom is 0.0822 e. The molecule has 0 saturated heterocycles. The molecule has 1 aromatic rings. The number of hydrogen-bond acceptors (Lipinski definition) is 3. The lowest BCUT2D eigenvalue weighted by molar-refractivity contribution is 1.24. The minimum absolute atomic E-state index is 1.03. The maximum atomic E-state index is 4.68. The lowest BCUT2D eigenvalue weighted by atomic mass is 10.2. The van der Waals surface area contributed by atoms with Gasteiger partial charge in [-0.2, -0.15) is 0 Å². The summed E-state index contributed by atoms with van der Waals surface area (Å²) in [6, 6.07) is 12.3. The number of benzene rings is 2. The number of fused-ring (bicyclic) bond motifs is 2. The van der Waals surface area contributed by atoms with Gasteiger partial charge in [0.15, 0.2) is 0 Å². The van der Waals surface area contributed by atoms with Crippen LogP contribution in [0, 0.1) is 3.57 Å². The zero-order valence-electron chi connectivity index (χ0n) is 9.14. The summed E-state index contributed by atoms with van der Waals surface area (Å²) in [6.07, 6.45) is 0. The van der Waals surface area contributed by atoms with E-state index in [-0.39, 0.29) is 0 Å². The van der Waals surface area contributed by atoms with Gasteiger partial charge in [0.25, 0.3) is 0 Å². The quantitative estimate of drug-likeness (QED) is 0.449. The molecular formula is C13H9IN2S. The van der Waals surface area contributed by atoms with Crippen LogP contribution in [0.25, 0.3) is 20.8 Å². The Balaban J connectivity index is 2.49. The van der Waals surface area contributed by atoms with Crippen molar-refractivity contribution < 1.29 is 0 Å². The van der Waals surface area contributed by atoms with E-state index in [0.717, 1.165) is 16.6 Å². The molecular weight excluding hydrogens is 343 g/mol. The molecule has 0 radical (unpaired) electrons. The summed E-state index contributed by atoms with van der Waals surface area (Å²) >= 11 is 4.13. The van der Waals surface area contributed by atoms with Gasteiger partial charge >= 0.3 is 0 Å². The van der Waals surface area contributed by atoms with Gasteiger partial charge in [-0.15, -0.1) is 11.3 Å². The molecule has 0 spiro atoms. The number of rotatable bonds is 0. The topological polar surface area (TPSA) is 25.2 Å². The van der Waals surface area contributed by atoms with Gasteiger partial charge in [-0.25, -0.2) is 4.98 Å². The first-order valence-corrected chi connectivity index (χ1v) is 7.10. The van der Waals surface area contributed by atoms with E-state index in [1.165, 1.54) is 13.1 Å². The zero-order valence-corrected chi connectivity index (χ0v) is 12.1. The summed E-state index contributed by atoms with van der Waals surface area (Å²) in [7, 11) is 1.82. The van der Waals surface area contributed by atoms with Crippen LogP contribution in [0.2, 0.25) is 0 Å². The van der Waals surface area contributed by atoms with Gasteiger partial charge in [0.2, 0.25) is 0 Å². The minimum atomic E-state index is 1.03. The third-order valence-corrected chi connectivity index (χ3v) is 5.26. The fourth-order valence-corrected chi connectivity index (χ4v) is 3.79. The van der Waals surface area contributed by atoms with Crippen LogP contribution < -0.4 is 5.36 Å². The molecule has 4 heteroatoms. The van der Waals surface area contributed by atoms with E-state index in [4.69, 9.17) is 0 Å². The lowest BCUT2D eigenvalue weighted by Crippen LogP contribution is -2.08. The second-order valence-electron chi connectivity index (χ2n) is 3.65. The maximum absolute atomic E-state index is 4.68. The number of aromatic nitrogens is 1. The molecule has 0 bridgehead atoms. The molecule has 2 nitrogen and oxygen atoms in total. The summed E-state index contributed by atoms with van der Waals surface area (Å²) in [5.74, 6) is 0. The first-order valence-electron chi connectivity index (χ1n) is 5.20. The first kappa shape index (κ1) is 11.1. The van der Waals surface area contributed by atoms with E-state index in [2.05, 4.69) is 44.7 Å². The van der Waals surface area contributed by atoms with Crippen LogP contribution in [0.3, 0.4) is 0 Å². The fraction of sp³-hybridized carbons (Fsp3) is 0.0769. The van der Waals surface area contributed by atoms with Gasteiger partial charge in [-0.05, 0) is 46.9 Å². The Bertz CT molecular complexity index is 733. The number of nitrogens with zero attached hydrogens (tertiary/aromatic N) is 2. The van der Waals surface area contributed by atoms with Crippen molar-refractivity contribution in [1.82, 2.24) is 4.98 Å². The normalized spacial score (nSPS) is 12.5. The van der Waals surface area contributed by atoms with E-state index in [0.29, 0.717) is 0 Å². The molecule has 1 heterocycles. The summed E-state index contributed by atoms with van der Waals surface area (Å²) < 4.78 is 2.40. The van der Waals surface area contributed by atoms with Gasteiger partial charge in [-0.3, -0.25) is 4.99 Å². The summed E-state index contributed by atoms with van der Waals surface area (Å²) in [4.78, 5) is 10.2. The van der Waals surface area contributed by atoms with Gasteiger partial charge in [0, 0.05) is 7.05 Å². The van der Waals surface area contributed by atoms with Crippen LogP contribution in [0.5, 0.6) is 0 Å². The van der Waals surface area contributed by atoms with Gasteiger partial charge in [0.1, 0.15) is 0 Å². The van der Waals surface area contributed by atoms with Gasteiger partial charge in [0.05, 0.1) is 29.7 Å². The highest BCUT2D eigenvalue weighted by molar-refractivity contribution is 14.1. The monoisotopic (exact) mass is 352 g/mol. The van der Waals surface area contributed by atoms with Crippen molar-refractivity contribution in [3.8, 4) is 10.6 Å². The Morgan fingerprint density at radius 2 is 2.00 bits per heavy atom. The van der Waals surface area contributed by atoms with E-state index < -0.39 is 0 Å². The van der Waals surface area contributed by atoms with Crippen LogP contribution in [-0.4, -0.2) is 12.0 Å². The summed E-state index contributed by atoms with van der Waals surface area (Å²) in [5, 5.41) is 1.03. The molecule has 2 aliphatic rings. The third-order valence-electron chi connectivity index (χ3n) is 2.62. The second-order valence-corrected chi connectivity index (χ2v) is 5.78. The summed E-state index contributed by atoms with van der Waals surface area (Å²) in [5.41, 5.74) is 2.10. The average Bonchev–Trinajstić information content (AvgIpc) is 2.37. The molecule has 3 rings (SSSR count). The van der Waals surface area contributed by atoms with E-state index in [1.54, 1.807) is 11.3 Å². The zero-order chi connectivity index (χ0) is 11.8. The Morgan fingerprint density at radius 3 is 2.82 bits per heavy atom. The molecule has 0 atom stereocenters. The Hall–Kier alpha value is -1.01. The molecule has 1 aliphatic heterocycles. The van der Waals surface area contributed by atoms with Crippen LogP contribution in [0.4, 0.5) is 0 Å². The third kappa shape index (κ3) is 1.85. The van der Waals surface area contributed by atoms with Crippen molar-refractivity contribution in [1.29, 1.82) is 0 Å². The molecule has 0 saturated carbocycles. The van der Waals surface area contributed by atoms with Crippen molar-refractivity contribution in [2.75, 3.05) is 7.05 Å². The van der Waals surface area contributed by atoms with Crippen LogP contribution in [0.1, 0.15) is 0 Å². The number of hydrogen-bond donors (Lipinski definition) is 0. The number of para-hydroxylation sites is 1. The Labute approximate surface area is 117 Å². The highest BCUT2D eigenvalue weighted by Gasteiger charge is 2.11. The van der Waals surface area contributed by atoms with Crippen molar-refractivity contribution in [2.45, 2.75) is 0 Å². The second kappa shape index (κ2) is 4.34. The van der Waals surface area contributed by atoms with E-state index in [1.807, 2.05) is 31.3 Å². The molecule has 0 N–H and O–H groups in total. The number of halogens is 1. The standard InChI is InChI=1S/C13H9IN2S/c1-15-9-6-7-10-13(12(9)14)17-11-5-3-2-4-8(11)16-10/h2-7H,1H3. The highest BCUT2D eigenvalue weighted by Crippen LogP contribution is 2.32. The SMILES string of the molecule is CN=c1ccc2nc3ccccc3sc-2c1I. The largest absolute Gasteiger partial charge is 0.288 e. The average molecular weight is 352 g/mol. The molecule has 0 aromatic heterocycles. The van der Waals surface area contributed by atoms with Crippen LogP contribution >= 0.6 is 33.9 Å². The smallest absolute Gasteiger partial charge is 0.0822 e. The molecule has 84 valence electrons. The fourth-order valence-electron chi connectivity index (χ4n) is 1.77. The molecule has 1 aromatic carbocycles. The highest BCUT2D eigenvalue weighted by atomic mass is 127. The first-order chi connectivity index (χ1) is 8.29. The van der Waals surface area contributed by atoms with Crippen molar-refractivity contribution >= 4 is 44.1 Å². The van der Waals surface area contributed by atoms with Crippen molar-refractivity contribution in [2.24, 2.45) is 4.99 Å². The van der Waals surface area contributed by atoms with Crippen molar-refractivity contribution in [3.05, 3.63) is 45.3 Å². The Morgan fingerprint density at radius 1 is 1.18 bits per heavy atom. The van der Waals surface area contributed by atoms with Crippen molar-refractivity contribution in [3.63, 3.8) is 0 Å². The molecule has 1 aliphatic carbocycles. The lowest BCUT2D eigenvalue weighted by Gasteiger charge is -2.08. The van der Waals surface area contributed by atoms with Gasteiger partial charge in [-0.1, -0.05) is 12.1 Å². The van der Waals surface area contributed by atoms with Crippen LogP contribution in [0.15, 0.2) is 41.4 Å². The van der Waals surface area contributed by atoms with E-state index in [9.17, 15) is 0 Å². The Kier molecular flexibility index (Phi) is 2.84. The predicted octanol–water partition coefficient (Wildman–Crippen LogP) is 3.54. The molecule has 0 fully saturated rings. The minimum Gasteiger partial charge on any atom is -0.288 e. The van der Waals surface area contributed by atoms with E-state index >= 15 is 0 Å². The summed E-state index contributed by atoms with van der Waals surface area (Å²) in [6.45, 7) is 0. The molecule has 17 heavy (non-hydrogen) atoms. The van der Waals surface area contributed by atoms with Crippen LogP contribution in [-0.2, 0) is 0 Å². The van der Waals surface area contributed by atoms with Gasteiger partial charge < -0.3 is 0 Å².